The molecule has 0 aliphatic carbocycles. The Bertz CT molecular complexity index is 361. The van der Waals surface area contributed by atoms with E-state index in [9.17, 15) is 0 Å². The third-order valence-corrected chi connectivity index (χ3v) is 3.65. The first kappa shape index (κ1) is 13.5. The first-order valence-electron chi connectivity index (χ1n) is 6.90. The van der Waals surface area contributed by atoms with Crippen molar-refractivity contribution in [3.05, 3.63) is 11.7 Å². The maximum atomic E-state index is 5.41. The van der Waals surface area contributed by atoms with Gasteiger partial charge in [-0.25, -0.2) is 0 Å². The van der Waals surface area contributed by atoms with Gasteiger partial charge in [-0.3, -0.25) is 0 Å². The van der Waals surface area contributed by atoms with Crippen LogP contribution in [0.15, 0.2) is 4.52 Å². The van der Waals surface area contributed by atoms with Crippen LogP contribution in [0.1, 0.15) is 57.2 Å². The summed E-state index contributed by atoms with van der Waals surface area (Å²) in [6.07, 6.45) is 2.05. The van der Waals surface area contributed by atoms with Gasteiger partial charge in [-0.2, -0.15) is 4.98 Å². The molecule has 2 heterocycles. The number of aromatic nitrogens is 2. The van der Waals surface area contributed by atoms with Gasteiger partial charge < -0.3 is 14.6 Å². The van der Waals surface area contributed by atoms with Crippen LogP contribution in [-0.2, 0) is 4.74 Å². The molecule has 0 bridgehead atoms. The van der Waals surface area contributed by atoms with Crippen molar-refractivity contribution in [2.75, 3.05) is 19.8 Å². The SMILES string of the molecule is CCNC(CC)C(C)c1nc(C2CCOC2)no1. The van der Waals surface area contributed by atoms with Crippen molar-refractivity contribution in [2.45, 2.75) is 51.5 Å². The highest BCUT2D eigenvalue weighted by Gasteiger charge is 2.26. The molecule has 5 nitrogen and oxygen atoms in total. The fourth-order valence-electron chi connectivity index (χ4n) is 2.45. The lowest BCUT2D eigenvalue weighted by Crippen LogP contribution is -2.33. The van der Waals surface area contributed by atoms with E-state index in [-0.39, 0.29) is 5.92 Å². The molecule has 18 heavy (non-hydrogen) atoms. The van der Waals surface area contributed by atoms with Crippen molar-refractivity contribution in [3.63, 3.8) is 0 Å². The molecule has 0 spiro atoms. The molecule has 1 aliphatic rings. The van der Waals surface area contributed by atoms with Crippen LogP contribution >= 0.6 is 0 Å². The highest BCUT2D eigenvalue weighted by atomic mass is 16.5. The van der Waals surface area contributed by atoms with Crippen LogP contribution < -0.4 is 5.32 Å². The molecule has 0 amide bonds. The number of likely N-dealkylation sites (N-methyl/N-ethyl adjacent to an activating group) is 1. The van der Waals surface area contributed by atoms with Gasteiger partial charge in [0.05, 0.1) is 12.5 Å². The summed E-state index contributed by atoms with van der Waals surface area (Å²) in [5.74, 6) is 2.11. The van der Waals surface area contributed by atoms with Gasteiger partial charge in [-0.05, 0) is 19.4 Å². The highest BCUT2D eigenvalue weighted by Crippen LogP contribution is 2.25. The number of hydrogen-bond donors (Lipinski definition) is 1. The topological polar surface area (TPSA) is 60.2 Å². The van der Waals surface area contributed by atoms with Gasteiger partial charge in [0.1, 0.15) is 0 Å². The number of ether oxygens (including phenoxy) is 1. The predicted octanol–water partition coefficient (Wildman–Crippen LogP) is 2.07. The Hall–Kier alpha value is -0.940. The predicted molar refractivity (Wildman–Crippen MR) is 68.6 cm³/mol. The Morgan fingerprint density at radius 3 is 2.89 bits per heavy atom. The second-order valence-electron chi connectivity index (χ2n) is 4.91. The zero-order valence-electron chi connectivity index (χ0n) is 11.5. The Labute approximate surface area is 108 Å². The van der Waals surface area contributed by atoms with Crippen molar-refractivity contribution in [1.82, 2.24) is 15.5 Å². The zero-order valence-corrected chi connectivity index (χ0v) is 11.5. The molecule has 5 heteroatoms. The molecule has 102 valence electrons. The van der Waals surface area contributed by atoms with E-state index < -0.39 is 0 Å². The average Bonchev–Trinajstić information content (AvgIpc) is 3.04. The molecular weight excluding hydrogens is 230 g/mol. The molecule has 1 fully saturated rings. The number of rotatable bonds is 6. The fourth-order valence-corrected chi connectivity index (χ4v) is 2.45. The Kier molecular flexibility index (Phi) is 4.72. The summed E-state index contributed by atoms with van der Waals surface area (Å²) in [7, 11) is 0. The Morgan fingerprint density at radius 2 is 2.28 bits per heavy atom. The molecule has 0 radical (unpaired) electrons. The first-order valence-corrected chi connectivity index (χ1v) is 6.90. The van der Waals surface area contributed by atoms with E-state index in [0.717, 1.165) is 44.3 Å². The minimum atomic E-state index is 0.249. The summed E-state index contributed by atoms with van der Waals surface area (Å²) in [5, 5.41) is 7.56. The lowest BCUT2D eigenvalue weighted by Gasteiger charge is -2.20. The second kappa shape index (κ2) is 6.29. The van der Waals surface area contributed by atoms with E-state index in [1.807, 2.05) is 0 Å². The second-order valence-corrected chi connectivity index (χ2v) is 4.91. The van der Waals surface area contributed by atoms with Crippen LogP contribution in [0.25, 0.3) is 0 Å². The lowest BCUT2D eigenvalue weighted by molar-refractivity contribution is 0.192. The third kappa shape index (κ3) is 2.90. The molecule has 1 aliphatic heterocycles. The van der Waals surface area contributed by atoms with E-state index in [4.69, 9.17) is 9.26 Å². The molecule has 1 aromatic heterocycles. The van der Waals surface area contributed by atoms with Gasteiger partial charge in [0.2, 0.25) is 5.89 Å². The number of nitrogens with one attached hydrogen (secondary N) is 1. The highest BCUT2D eigenvalue weighted by molar-refractivity contribution is 5.02. The summed E-state index contributed by atoms with van der Waals surface area (Å²) < 4.78 is 10.8. The zero-order chi connectivity index (χ0) is 13.0. The van der Waals surface area contributed by atoms with Crippen LogP contribution in [0, 0.1) is 0 Å². The Balaban J connectivity index is 2.03. The minimum Gasteiger partial charge on any atom is -0.381 e. The van der Waals surface area contributed by atoms with Crippen LogP contribution in [0.2, 0.25) is 0 Å². The summed E-state index contributed by atoms with van der Waals surface area (Å²) in [4.78, 5) is 4.55. The van der Waals surface area contributed by atoms with Gasteiger partial charge in [0.15, 0.2) is 5.82 Å². The first-order chi connectivity index (χ1) is 8.76. The lowest BCUT2D eigenvalue weighted by atomic mass is 9.99. The van der Waals surface area contributed by atoms with Gasteiger partial charge >= 0.3 is 0 Å². The summed E-state index contributed by atoms with van der Waals surface area (Å²) >= 11 is 0. The van der Waals surface area contributed by atoms with Crippen LogP contribution in [0.3, 0.4) is 0 Å². The van der Waals surface area contributed by atoms with Crippen LogP contribution in [0.4, 0.5) is 0 Å². The molecule has 2 rings (SSSR count). The molecule has 1 N–H and O–H groups in total. The largest absolute Gasteiger partial charge is 0.381 e. The fraction of sp³-hybridized carbons (Fsp3) is 0.846. The third-order valence-electron chi connectivity index (χ3n) is 3.65. The van der Waals surface area contributed by atoms with Crippen molar-refractivity contribution < 1.29 is 9.26 Å². The molecule has 0 aromatic carbocycles. The monoisotopic (exact) mass is 253 g/mol. The van der Waals surface area contributed by atoms with Crippen molar-refractivity contribution in [3.8, 4) is 0 Å². The van der Waals surface area contributed by atoms with Gasteiger partial charge in [0.25, 0.3) is 0 Å². The minimum absolute atomic E-state index is 0.249. The molecule has 3 unspecified atom stereocenters. The maximum absolute atomic E-state index is 5.41. The molecule has 3 atom stereocenters. The molecule has 1 saturated heterocycles. The summed E-state index contributed by atoms with van der Waals surface area (Å²) in [6, 6.07) is 0.392. The van der Waals surface area contributed by atoms with Gasteiger partial charge in [0, 0.05) is 18.6 Å². The van der Waals surface area contributed by atoms with Gasteiger partial charge in [-0.15, -0.1) is 0 Å². The Morgan fingerprint density at radius 1 is 1.44 bits per heavy atom. The number of nitrogens with zero attached hydrogens (tertiary/aromatic N) is 2. The van der Waals surface area contributed by atoms with E-state index in [2.05, 4.69) is 36.2 Å². The smallest absolute Gasteiger partial charge is 0.231 e. The molecule has 1 aromatic rings. The van der Waals surface area contributed by atoms with Crippen molar-refractivity contribution in [2.24, 2.45) is 0 Å². The van der Waals surface area contributed by atoms with E-state index in [1.54, 1.807) is 0 Å². The standard InChI is InChI=1S/C13H23N3O2/c1-4-11(14-5-2)9(3)13-15-12(16-18-13)10-6-7-17-8-10/h9-11,14H,4-8H2,1-3H3. The van der Waals surface area contributed by atoms with Crippen LogP contribution in [0.5, 0.6) is 0 Å². The van der Waals surface area contributed by atoms with Crippen molar-refractivity contribution >= 4 is 0 Å². The van der Waals surface area contributed by atoms with E-state index in [0.29, 0.717) is 12.0 Å². The van der Waals surface area contributed by atoms with Crippen LogP contribution in [-0.4, -0.2) is 35.9 Å². The molecular formula is C13H23N3O2. The summed E-state index contributed by atoms with van der Waals surface area (Å²) in [6.45, 7) is 8.91. The summed E-state index contributed by atoms with van der Waals surface area (Å²) in [5.41, 5.74) is 0. The average molecular weight is 253 g/mol. The van der Waals surface area contributed by atoms with Crippen molar-refractivity contribution in [1.29, 1.82) is 0 Å². The van der Waals surface area contributed by atoms with E-state index >= 15 is 0 Å². The normalized spacial score (nSPS) is 23.2. The number of hydrogen-bond acceptors (Lipinski definition) is 5. The maximum Gasteiger partial charge on any atom is 0.231 e. The molecule has 0 saturated carbocycles. The van der Waals surface area contributed by atoms with E-state index in [1.165, 1.54) is 0 Å². The quantitative estimate of drug-likeness (QED) is 0.841. The van der Waals surface area contributed by atoms with Gasteiger partial charge in [-0.1, -0.05) is 25.9 Å².